The van der Waals surface area contributed by atoms with Crippen LogP contribution in [0.1, 0.15) is 140 Å². The number of nitrogens with zero attached hydrogens (tertiary/aromatic N) is 1. The summed E-state index contributed by atoms with van der Waals surface area (Å²) in [6, 6.07) is 12.9. The average molecular weight is 1100 g/mol. The molecular formula is C66H84N2O12. The number of fused-ring (bicyclic) bond motifs is 5. The minimum absolute atomic E-state index is 0.00581. The zero-order valence-corrected chi connectivity index (χ0v) is 46.9. The number of aliphatic hydroxyl groups is 4. The summed E-state index contributed by atoms with van der Waals surface area (Å²) in [4.78, 5) is 50.1. The number of allylic oxidation sites excluding steroid dienone is 1. The quantitative estimate of drug-likeness (QED) is 0.0911. The fourth-order valence-electron chi connectivity index (χ4n) is 22.5. The van der Waals surface area contributed by atoms with Gasteiger partial charge >= 0.3 is 11.9 Å². The van der Waals surface area contributed by atoms with Crippen LogP contribution in [0.4, 0.5) is 0 Å². The van der Waals surface area contributed by atoms with Crippen LogP contribution in [0.5, 0.6) is 0 Å². The molecule has 0 unspecified atom stereocenters. The normalized spacial score (nSPS) is 48.5. The summed E-state index contributed by atoms with van der Waals surface area (Å²) < 4.78 is 35.9. The van der Waals surface area contributed by atoms with E-state index in [-0.39, 0.29) is 66.9 Å². The number of epoxide rings is 1. The van der Waals surface area contributed by atoms with Gasteiger partial charge in [-0.15, -0.1) is 0 Å². The predicted molar refractivity (Wildman–Crippen MR) is 291 cm³/mol. The number of benzene rings is 1. The summed E-state index contributed by atoms with van der Waals surface area (Å²) >= 11 is 0. The molecule has 15 rings (SSSR count). The van der Waals surface area contributed by atoms with E-state index in [9.17, 15) is 20.4 Å². The maximum absolute atomic E-state index is 17.0. The Labute approximate surface area is 470 Å². The van der Waals surface area contributed by atoms with E-state index in [1.165, 1.54) is 5.56 Å². The first-order valence-electron chi connectivity index (χ1n) is 31.4. The predicted octanol–water partition coefficient (Wildman–Crippen LogP) is 7.18. The summed E-state index contributed by atoms with van der Waals surface area (Å²) in [7, 11) is 0. The van der Waals surface area contributed by atoms with Crippen molar-refractivity contribution in [3.05, 3.63) is 71.8 Å². The minimum atomic E-state index is -1.59. The zero-order valence-electron chi connectivity index (χ0n) is 46.9. The molecule has 7 heterocycles. The lowest BCUT2D eigenvalue weighted by Crippen LogP contribution is -2.82. The van der Waals surface area contributed by atoms with Gasteiger partial charge in [-0.25, -0.2) is 4.79 Å². The Bertz CT molecular complexity index is 2890. The molecule has 0 radical (unpaired) electrons. The molecule has 80 heavy (non-hydrogen) atoms. The van der Waals surface area contributed by atoms with E-state index in [4.69, 9.17) is 23.4 Å². The Morgan fingerprint density at radius 2 is 1.75 bits per heavy atom. The van der Waals surface area contributed by atoms with Crippen molar-refractivity contribution >= 4 is 17.7 Å². The first-order valence-corrected chi connectivity index (χ1v) is 31.4. The van der Waals surface area contributed by atoms with Crippen LogP contribution in [0, 0.1) is 98.6 Å². The molecule has 1 aromatic carbocycles. The van der Waals surface area contributed by atoms with Gasteiger partial charge in [0.15, 0.2) is 17.5 Å². The van der Waals surface area contributed by atoms with Crippen LogP contribution in [0.2, 0.25) is 0 Å². The van der Waals surface area contributed by atoms with E-state index in [0.29, 0.717) is 74.1 Å². The number of nitrogens with one attached hydrogen (secondary N) is 1. The Kier molecular flexibility index (Phi) is 12.3. The van der Waals surface area contributed by atoms with Gasteiger partial charge in [0, 0.05) is 53.3 Å². The molecule has 11 fully saturated rings. The number of hydrogen-bond donors (Lipinski definition) is 5. The Morgan fingerprint density at radius 3 is 2.55 bits per heavy atom. The van der Waals surface area contributed by atoms with Gasteiger partial charge in [-0.2, -0.15) is 0 Å². The number of furan rings is 1. The molecule has 4 spiro atoms. The smallest absolute Gasteiger partial charge is 0.339 e. The van der Waals surface area contributed by atoms with Crippen LogP contribution in [0.3, 0.4) is 0 Å². The number of aliphatic hydroxyl groups excluding tert-OH is 4. The molecule has 5 saturated heterocycles. The number of cyclic esters (lactones) is 1. The summed E-state index contributed by atoms with van der Waals surface area (Å²) in [6.07, 6.45) is 15.3. The highest BCUT2D eigenvalue weighted by Crippen LogP contribution is 2.85. The standard InChI is InChI=1S/C66H84N2O12/c1-60-24-20-52-63-36-77-59(75)62(25-19-40(32-62)34-69)58(63)80-61(2,44-13-7-4-8-14-44)54(63)53(72)55(73)65(52)48-29-39(28-38-10-5-3-6-11-38)15-16-41(48)12-9-23-64(60,79-57(74)56-66(60,65)78-56)47-22-27-76-51(47)31-46(50(71)35-70)42-17-18-45-43(30-42)21-26-68-37-67-33-49(45)68/h3,5-6,10-11,21-22,26-27,39-46,48-50,52,54-56,58,67,69-71,73H,4,7-8,13-20,23-25,28-37H2,1-2H3/t39-,40+,41-,42+,43-,45-,46+,48-,49+,50-,52-,54-,55-,56-,58+,60+,61-,62+,63-,64+,65+,66-/m1/s1. The van der Waals surface area contributed by atoms with E-state index < -0.39 is 93.2 Å². The van der Waals surface area contributed by atoms with Crippen LogP contribution in [-0.2, 0) is 51.8 Å². The van der Waals surface area contributed by atoms with Crippen LogP contribution in [0.25, 0.3) is 0 Å². The molecule has 1 aromatic heterocycles. The highest BCUT2D eigenvalue weighted by molar-refractivity contribution is 5.93. The zero-order chi connectivity index (χ0) is 54.8. The largest absolute Gasteiger partial charge is 0.469 e. The number of rotatable bonds is 10. The van der Waals surface area contributed by atoms with Crippen molar-refractivity contribution in [2.24, 2.45) is 86.8 Å². The maximum Gasteiger partial charge on any atom is 0.339 e. The number of esters is 2. The number of hydrogen-bond acceptors (Lipinski definition) is 14. The molecule has 430 valence electrons. The van der Waals surface area contributed by atoms with Crippen molar-refractivity contribution in [3.63, 3.8) is 0 Å². The second kappa shape index (κ2) is 18.7. The number of ether oxygens (including phenoxy) is 4. The third kappa shape index (κ3) is 6.77. The summed E-state index contributed by atoms with van der Waals surface area (Å²) in [5.41, 5.74) is -6.86. The number of carbonyl (C=O) groups is 3. The summed E-state index contributed by atoms with van der Waals surface area (Å²) in [5.74, 6) is 5.53. The van der Waals surface area contributed by atoms with Gasteiger partial charge in [-0.05, 0) is 168 Å². The second-order valence-electron chi connectivity index (χ2n) is 28.6. The minimum Gasteiger partial charge on any atom is -0.469 e. The van der Waals surface area contributed by atoms with E-state index in [1.54, 1.807) is 6.26 Å². The maximum atomic E-state index is 17.0. The highest BCUT2D eigenvalue weighted by atomic mass is 16.7. The van der Waals surface area contributed by atoms with Crippen molar-refractivity contribution in [1.82, 2.24) is 10.2 Å². The molecule has 6 aliphatic heterocycles. The second-order valence-corrected chi connectivity index (χ2v) is 28.6. The molecule has 13 aliphatic rings. The van der Waals surface area contributed by atoms with E-state index in [1.807, 2.05) is 12.1 Å². The number of carbonyl (C=O) groups excluding carboxylic acids is 3. The summed E-state index contributed by atoms with van der Waals surface area (Å²) in [5, 5.41) is 51.5. The first-order chi connectivity index (χ1) is 38.7. The van der Waals surface area contributed by atoms with Crippen molar-refractivity contribution in [3.8, 4) is 11.8 Å². The van der Waals surface area contributed by atoms with E-state index in [0.717, 1.165) is 83.8 Å². The molecule has 4 bridgehead atoms. The third-order valence-electron chi connectivity index (χ3n) is 25.8. The third-order valence-corrected chi connectivity index (χ3v) is 25.8. The Hall–Kier alpha value is -4.07. The van der Waals surface area contributed by atoms with Gasteiger partial charge in [0.05, 0.1) is 55.1 Å². The van der Waals surface area contributed by atoms with Gasteiger partial charge in [0.1, 0.15) is 24.1 Å². The Balaban J connectivity index is 0.903. The first kappa shape index (κ1) is 52.7. The van der Waals surface area contributed by atoms with Gasteiger partial charge in [0.25, 0.3) is 0 Å². The lowest BCUT2D eigenvalue weighted by atomic mass is 9.30. The molecule has 5 N–H and O–H groups in total. The van der Waals surface area contributed by atoms with Crippen LogP contribution < -0.4 is 5.32 Å². The lowest BCUT2D eigenvalue weighted by molar-refractivity contribution is -0.301. The number of Topliss-reactive ketones (excluding diaryl/α,β-unsaturated/α-hetero) is 1. The van der Waals surface area contributed by atoms with Crippen molar-refractivity contribution < 1.29 is 58.2 Å². The monoisotopic (exact) mass is 1100 g/mol. The van der Waals surface area contributed by atoms with Crippen LogP contribution in [0.15, 0.2) is 59.4 Å². The molecule has 22 atom stereocenters. The van der Waals surface area contributed by atoms with Crippen molar-refractivity contribution in [2.75, 3.05) is 33.0 Å². The lowest BCUT2D eigenvalue weighted by Gasteiger charge is -2.72. The van der Waals surface area contributed by atoms with Gasteiger partial charge in [0.2, 0.25) is 0 Å². The van der Waals surface area contributed by atoms with Crippen LogP contribution in [-0.4, -0.2) is 118 Å². The molecule has 0 amide bonds. The topological polar surface area (TPSA) is 201 Å². The summed E-state index contributed by atoms with van der Waals surface area (Å²) in [6.45, 7) is 5.60. The van der Waals surface area contributed by atoms with Crippen molar-refractivity contribution in [2.45, 2.75) is 183 Å². The molecule has 6 saturated carbocycles. The van der Waals surface area contributed by atoms with Crippen molar-refractivity contribution in [1.29, 1.82) is 0 Å². The molecule has 7 aliphatic carbocycles. The molecule has 14 nitrogen and oxygen atoms in total. The van der Waals surface area contributed by atoms with E-state index in [2.05, 4.69) is 72.4 Å². The molecule has 14 heteroatoms. The van der Waals surface area contributed by atoms with Gasteiger partial charge in [-0.1, -0.05) is 74.4 Å². The highest BCUT2D eigenvalue weighted by Gasteiger charge is 2.96. The van der Waals surface area contributed by atoms with E-state index >= 15 is 14.4 Å². The van der Waals surface area contributed by atoms with Gasteiger partial charge < -0.3 is 48.7 Å². The molecular weight excluding hydrogens is 1010 g/mol. The SMILES string of the molecule is C[C@]12CC[C@@H]3[C@@]45COC(=O)[C@]6(CC[C@H](CO)C6)[C@@H]4O[C@](C)(C4CCCCC4)[C@H]5C(=O)[C@@H](O)[C@]34[C@@H]3C[C@@H](Cc5ccccc5)CC[C@H]3C#CC[C@@]1(c1ccoc1C[C@@H]([C@H]1CC[C@@H]3[C@H](C=CN5CNC[C@@H]35)C1)[C@H](O)CO)OC(=O)[C@H]1O[C@@]142. The fourth-order valence-corrected chi connectivity index (χ4v) is 22.5. The number of ketones is 1. The van der Waals surface area contributed by atoms with Gasteiger partial charge in [-0.3, -0.25) is 14.9 Å². The van der Waals surface area contributed by atoms with Crippen LogP contribution >= 0.6 is 0 Å². The fraction of sp³-hybridized carbons (Fsp3) is 0.742. The Morgan fingerprint density at radius 1 is 0.912 bits per heavy atom. The average Bonchev–Trinajstić information content (AvgIpc) is 1.54. The molecule has 2 aromatic rings.